The van der Waals surface area contributed by atoms with Crippen LogP contribution in [0, 0.1) is 30.1 Å². The molecule has 1 aromatic heterocycles. The van der Waals surface area contributed by atoms with Crippen molar-refractivity contribution in [3.63, 3.8) is 0 Å². The first-order valence-electron chi connectivity index (χ1n) is 9.75. The molecule has 5 nitrogen and oxygen atoms in total. The van der Waals surface area contributed by atoms with E-state index in [9.17, 15) is 20.0 Å². The summed E-state index contributed by atoms with van der Waals surface area (Å²) in [4.78, 5) is 25.6. The molecule has 0 aliphatic heterocycles. The second-order valence-corrected chi connectivity index (χ2v) is 7.80. The summed E-state index contributed by atoms with van der Waals surface area (Å²) in [5, 5.41) is 20.0. The first-order valence-corrected chi connectivity index (χ1v) is 9.75. The van der Waals surface area contributed by atoms with Crippen molar-refractivity contribution in [1.29, 1.82) is 5.26 Å². The Morgan fingerprint density at radius 1 is 1.31 bits per heavy atom. The molecule has 1 aliphatic rings. The highest BCUT2D eigenvalue weighted by atomic mass is 16.3. The molecule has 1 aliphatic carbocycles. The van der Waals surface area contributed by atoms with Crippen LogP contribution in [-0.2, 0) is 0 Å². The third kappa shape index (κ3) is 3.85. The van der Waals surface area contributed by atoms with Crippen LogP contribution in [0.25, 0.3) is 0 Å². The van der Waals surface area contributed by atoms with Crippen LogP contribution in [0.4, 0.5) is 0 Å². The van der Waals surface area contributed by atoms with Gasteiger partial charge in [-0.15, -0.1) is 0 Å². The van der Waals surface area contributed by atoms with Gasteiger partial charge in [0.1, 0.15) is 11.6 Å². The van der Waals surface area contributed by atoms with Crippen LogP contribution >= 0.6 is 0 Å². The number of Topliss-reactive ketones (excluding diaryl/α,β-unsaturated/α-hetero) is 1. The Kier molecular flexibility index (Phi) is 6.63. The molecular formula is C21H30N2O3. The first-order chi connectivity index (χ1) is 12.3. The number of rotatable bonds is 6. The summed E-state index contributed by atoms with van der Waals surface area (Å²) in [6.45, 7) is 7.29. The summed E-state index contributed by atoms with van der Waals surface area (Å²) in [6.07, 6.45) is 7.34. The van der Waals surface area contributed by atoms with Gasteiger partial charge in [0, 0.05) is 12.0 Å². The molecule has 0 bridgehead atoms. The Labute approximate surface area is 155 Å². The van der Waals surface area contributed by atoms with Gasteiger partial charge in [0.25, 0.3) is 5.56 Å². The minimum Gasteiger partial charge on any atom is -0.494 e. The van der Waals surface area contributed by atoms with E-state index in [1.54, 1.807) is 20.8 Å². The molecule has 0 spiro atoms. The van der Waals surface area contributed by atoms with Crippen molar-refractivity contribution in [3.05, 3.63) is 27.0 Å². The third-order valence-corrected chi connectivity index (χ3v) is 5.69. The summed E-state index contributed by atoms with van der Waals surface area (Å²) in [7, 11) is 0. The normalized spacial score (nSPS) is 20.2. The van der Waals surface area contributed by atoms with Crippen LogP contribution < -0.4 is 5.56 Å². The van der Waals surface area contributed by atoms with Gasteiger partial charge in [0.05, 0.1) is 5.56 Å². The lowest BCUT2D eigenvalue weighted by molar-refractivity contribution is 0.0864. The van der Waals surface area contributed by atoms with E-state index < -0.39 is 5.56 Å². The van der Waals surface area contributed by atoms with Crippen LogP contribution in [0.3, 0.4) is 0 Å². The number of hydrogen-bond acceptors (Lipinski definition) is 4. The van der Waals surface area contributed by atoms with Crippen molar-refractivity contribution < 1.29 is 9.90 Å². The number of unbranched alkanes of at least 4 members (excludes halogenated alkanes) is 1. The van der Waals surface area contributed by atoms with Crippen molar-refractivity contribution in [2.24, 2.45) is 11.8 Å². The van der Waals surface area contributed by atoms with E-state index in [1.165, 1.54) is 19.3 Å². The Hall–Kier alpha value is -2.09. The average molecular weight is 358 g/mol. The summed E-state index contributed by atoms with van der Waals surface area (Å²) >= 11 is 0. The molecule has 1 N–H and O–H groups in total. The fourth-order valence-corrected chi connectivity index (χ4v) is 4.11. The Morgan fingerprint density at radius 3 is 2.42 bits per heavy atom. The van der Waals surface area contributed by atoms with Crippen LogP contribution in [-0.4, -0.2) is 15.5 Å². The van der Waals surface area contributed by atoms with Gasteiger partial charge in [0.15, 0.2) is 5.78 Å². The maximum Gasteiger partial charge on any atom is 0.271 e. The number of hydrogen-bond donors (Lipinski definition) is 1. The SMILES string of the molecule is CCCCC1CCC(C(=O)c2c(C)c(C#N)c(=O)n(C(C)C)c2O)CC1. The third-order valence-electron chi connectivity index (χ3n) is 5.69. The Morgan fingerprint density at radius 2 is 1.92 bits per heavy atom. The second-order valence-electron chi connectivity index (χ2n) is 7.80. The van der Waals surface area contributed by atoms with Gasteiger partial charge >= 0.3 is 0 Å². The zero-order valence-corrected chi connectivity index (χ0v) is 16.3. The number of aromatic nitrogens is 1. The maximum atomic E-state index is 13.1. The summed E-state index contributed by atoms with van der Waals surface area (Å²) in [6, 6.07) is 1.59. The monoisotopic (exact) mass is 358 g/mol. The molecule has 1 fully saturated rings. The zero-order chi connectivity index (χ0) is 19.4. The van der Waals surface area contributed by atoms with E-state index >= 15 is 0 Å². The maximum absolute atomic E-state index is 13.1. The van der Waals surface area contributed by atoms with Crippen LogP contribution in [0.1, 0.15) is 93.2 Å². The van der Waals surface area contributed by atoms with Crippen LogP contribution in [0.5, 0.6) is 5.88 Å². The number of aromatic hydroxyl groups is 1. The number of carbonyl (C=O) groups excluding carboxylic acids is 1. The van der Waals surface area contributed by atoms with Crippen molar-refractivity contribution in [2.45, 2.75) is 78.7 Å². The number of ketones is 1. The minimum atomic E-state index is -0.530. The highest BCUT2D eigenvalue weighted by Crippen LogP contribution is 2.36. The molecule has 0 unspecified atom stereocenters. The molecule has 1 saturated carbocycles. The Balaban J connectivity index is 2.34. The minimum absolute atomic E-state index is 0.0449. The van der Waals surface area contributed by atoms with Crippen molar-refractivity contribution in [3.8, 4) is 11.9 Å². The summed E-state index contributed by atoms with van der Waals surface area (Å²) in [5.41, 5.74) is -0.106. The number of nitrogens with zero attached hydrogens (tertiary/aromatic N) is 2. The summed E-state index contributed by atoms with van der Waals surface area (Å²) < 4.78 is 1.16. The first kappa shape index (κ1) is 20.2. The van der Waals surface area contributed by atoms with E-state index in [1.807, 2.05) is 6.07 Å². The fourth-order valence-electron chi connectivity index (χ4n) is 4.11. The van der Waals surface area contributed by atoms with Crippen LogP contribution in [0.2, 0.25) is 0 Å². The van der Waals surface area contributed by atoms with Gasteiger partial charge in [-0.1, -0.05) is 26.2 Å². The average Bonchev–Trinajstić information content (AvgIpc) is 2.60. The van der Waals surface area contributed by atoms with Gasteiger partial charge in [-0.3, -0.25) is 14.2 Å². The number of nitriles is 1. The molecule has 0 radical (unpaired) electrons. The van der Waals surface area contributed by atoms with Gasteiger partial charge in [-0.25, -0.2) is 0 Å². The highest BCUT2D eigenvalue weighted by Gasteiger charge is 2.32. The molecule has 0 saturated heterocycles. The molecule has 5 heteroatoms. The number of pyridine rings is 1. The second kappa shape index (κ2) is 8.53. The van der Waals surface area contributed by atoms with E-state index in [2.05, 4.69) is 6.92 Å². The smallest absolute Gasteiger partial charge is 0.271 e. The lowest BCUT2D eigenvalue weighted by atomic mass is 9.76. The largest absolute Gasteiger partial charge is 0.494 e. The molecule has 0 amide bonds. The molecular weight excluding hydrogens is 328 g/mol. The predicted octanol–water partition coefficient (Wildman–Crippen LogP) is 4.49. The van der Waals surface area contributed by atoms with Gasteiger partial charge in [-0.2, -0.15) is 5.26 Å². The van der Waals surface area contributed by atoms with Gasteiger partial charge < -0.3 is 5.11 Å². The van der Waals surface area contributed by atoms with E-state index in [-0.39, 0.29) is 34.7 Å². The predicted molar refractivity (Wildman–Crippen MR) is 102 cm³/mol. The molecule has 142 valence electrons. The van der Waals surface area contributed by atoms with Crippen molar-refractivity contribution in [2.75, 3.05) is 0 Å². The molecule has 1 aromatic rings. The van der Waals surface area contributed by atoms with E-state index in [0.717, 1.165) is 30.3 Å². The molecule has 26 heavy (non-hydrogen) atoms. The van der Waals surface area contributed by atoms with E-state index in [4.69, 9.17) is 0 Å². The fraction of sp³-hybridized carbons (Fsp3) is 0.667. The van der Waals surface area contributed by atoms with Gasteiger partial charge in [-0.05, 0) is 57.9 Å². The summed E-state index contributed by atoms with van der Waals surface area (Å²) in [5.74, 6) is 0.134. The van der Waals surface area contributed by atoms with E-state index in [0.29, 0.717) is 11.5 Å². The standard InChI is InChI=1S/C21H30N2O3/c1-5-6-7-15-8-10-16(11-9-15)19(24)18-14(4)17(12-22)20(25)23(13(2)3)21(18)26/h13,15-16,26H,5-11H2,1-4H3. The number of carbonyl (C=O) groups is 1. The van der Waals surface area contributed by atoms with Crippen molar-refractivity contribution in [1.82, 2.24) is 4.57 Å². The van der Waals surface area contributed by atoms with Crippen molar-refractivity contribution >= 4 is 5.78 Å². The molecule has 0 atom stereocenters. The lowest BCUT2D eigenvalue weighted by Crippen LogP contribution is -2.30. The quantitative estimate of drug-likeness (QED) is 0.759. The topological polar surface area (TPSA) is 83.1 Å². The van der Waals surface area contributed by atoms with Crippen LogP contribution in [0.15, 0.2) is 4.79 Å². The Bertz CT molecular complexity index is 763. The highest BCUT2D eigenvalue weighted by molar-refractivity contribution is 6.01. The van der Waals surface area contributed by atoms with Gasteiger partial charge in [0.2, 0.25) is 5.88 Å². The molecule has 2 rings (SSSR count). The molecule has 0 aromatic carbocycles. The zero-order valence-electron chi connectivity index (χ0n) is 16.3. The lowest BCUT2D eigenvalue weighted by Gasteiger charge is -2.28. The molecule has 1 heterocycles.